The fraction of sp³-hybridized carbons (Fsp3) is 0.750. The molecule has 1 amide bonds. The fourth-order valence-corrected chi connectivity index (χ4v) is 3.15. The van der Waals surface area contributed by atoms with Gasteiger partial charge in [0.2, 0.25) is 11.0 Å². The van der Waals surface area contributed by atoms with Gasteiger partial charge in [-0.25, -0.2) is 0 Å². The molecule has 0 saturated heterocycles. The average Bonchev–Trinajstić information content (AvgIpc) is 2.89. The van der Waals surface area contributed by atoms with E-state index in [1.54, 1.807) is 0 Å². The predicted octanol–water partition coefficient (Wildman–Crippen LogP) is 2.12. The molecule has 1 aliphatic carbocycles. The molecule has 1 aromatic heterocycles. The van der Waals surface area contributed by atoms with Crippen LogP contribution < -0.4 is 5.32 Å². The number of aliphatic hydroxyl groups is 1. The zero-order chi connectivity index (χ0) is 13.0. The van der Waals surface area contributed by atoms with Crippen LogP contribution in [0.2, 0.25) is 0 Å². The molecule has 0 radical (unpaired) electrons. The lowest BCUT2D eigenvalue weighted by Gasteiger charge is -2.20. The van der Waals surface area contributed by atoms with Crippen molar-refractivity contribution in [3.05, 3.63) is 5.01 Å². The summed E-state index contributed by atoms with van der Waals surface area (Å²) < 4.78 is 0. The highest BCUT2D eigenvalue weighted by atomic mass is 32.1. The summed E-state index contributed by atoms with van der Waals surface area (Å²) in [5.41, 5.74) is -0.805. The van der Waals surface area contributed by atoms with E-state index in [9.17, 15) is 9.90 Å². The Balaban J connectivity index is 1.86. The molecule has 0 bridgehead atoms. The average molecular weight is 269 g/mol. The number of nitrogens with zero attached hydrogens (tertiary/aromatic N) is 2. The lowest BCUT2D eigenvalue weighted by Crippen LogP contribution is -2.30. The maximum atomic E-state index is 11.8. The van der Waals surface area contributed by atoms with Crippen molar-refractivity contribution in [1.29, 1.82) is 0 Å². The maximum Gasteiger partial charge on any atom is 0.229 e. The Kier molecular flexibility index (Phi) is 4.29. The van der Waals surface area contributed by atoms with Gasteiger partial charge in [0.15, 0.2) is 0 Å². The van der Waals surface area contributed by atoms with Crippen LogP contribution in [0.1, 0.15) is 50.5 Å². The van der Waals surface area contributed by atoms with Gasteiger partial charge < -0.3 is 10.4 Å². The number of aromatic nitrogens is 2. The van der Waals surface area contributed by atoms with Gasteiger partial charge in [-0.2, -0.15) is 0 Å². The number of amides is 1. The third-order valence-electron chi connectivity index (χ3n) is 3.20. The van der Waals surface area contributed by atoms with E-state index >= 15 is 0 Å². The Bertz CT molecular complexity index is 413. The van der Waals surface area contributed by atoms with Gasteiger partial charge in [0, 0.05) is 6.42 Å². The van der Waals surface area contributed by atoms with Crippen LogP contribution in [0.15, 0.2) is 0 Å². The SMILES string of the molecule is CCCc1nnc(NC(=O)CC2(O)CCCC2)s1. The summed E-state index contributed by atoms with van der Waals surface area (Å²) in [5, 5.41) is 22.3. The van der Waals surface area contributed by atoms with Crippen LogP contribution >= 0.6 is 11.3 Å². The van der Waals surface area contributed by atoms with E-state index in [-0.39, 0.29) is 12.3 Å². The highest BCUT2D eigenvalue weighted by Crippen LogP contribution is 2.32. The second-order valence-corrected chi connectivity index (χ2v) is 5.97. The van der Waals surface area contributed by atoms with Crippen molar-refractivity contribution < 1.29 is 9.90 Å². The first-order valence-electron chi connectivity index (χ1n) is 6.46. The third-order valence-corrected chi connectivity index (χ3v) is 4.10. The molecule has 1 aromatic rings. The highest BCUT2D eigenvalue weighted by molar-refractivity contribution is 7.15. The van der Waals surface area contributed by atoms with Crippen LogP contribution in [0.4, 0.5) is 5.13 Å². The van der Waals surface area contributed by atoms with E-state index < -0.39 is 5.60 Å². The first kappa shape index (κ1) is 13.4. The first-order chi connectivity index (χ1) is 8.61. The molecule has 1 fully saturated rings. The van der Waals surface area contributed by atoms with Crippen molar-refractivity contribution >= 4 is 22.4 Å². The lowest BCUT2D eigenvalue weighted by atomic mass is 9.98. The van der Waals surface area contributed by atoms with Crippen LogP contribution in [0, 0.1) is 0 Å². The second-order valence-electron chi connectivity index (χ2n) is 4.91. The van der Waals surface area contributed by atoms with Gasteiger partial charge in [-0.1, -0.05) is 31.1 Å². The Morgan fingerprint density at radius 1 is 1.44 bits per heavy atom. The fourth-order valence-electron chi connectivity index (χ4n) is 2.29. The molecule has 2 N–H and O–H groups in total. The monoisotopic (exact) mass is 269 g/mol. The minimum Gasteiger partial charge on any atom is -0.389 e. The Morgan fingerprint density at radius 3 is 2.83 bits per heavy atom. The van der Waals surface area contributed by atoms with E-state index in [0.29, 0.717) is 5.13 Å². The normalized spacial score (nSPS) is 17.9. The van der Waals surface area contributed by atoms with E-state index in [1.807, 2.05) is 0 Å². The summed E-state index contributed by atoms with van der Waals surface area (Å²) in [5.74, 6) is -0.168. The summed E-state index contributed by atoms with van der Waals surface area (Å²) >= 11 is 1.41. The number of aryl methyl sites for hydroxylation is 1. The smallest absolute Gasteiger partial charge is 0.229 e. The van der Waals surface area contributed by atoms with Gasteiger partial charge >= 0.3 is 0 Å². The van der Waals surface area contributed by atoms with Gasteiger partial charge in [0.1, 0.15) is 5.01 Å². The topological polar surface area (TPSA) is 75.1 Å². The molecule has 2 rings (SSSR count). The number of carbonyl (C=O) groups is 1. The molecule has 0 aliphatic heterocycles. The van der Waals surface area contributed by atoms with E-state index in [2.05, 4.69) is 22.4 Å². The standard InChI is InChI=1S/C12H19N3O2S/c1-2-5-10-14-15-11(18-10)13-9(16)8-12(17)6-3-4-7-12/h17H,2-8H2,1H3,(H,13,15,16). The van der Waals surface area contributed by atoms with E-state index in [0.717, 1.165) is 43.5 Å². The largest absolute Gasteiger partial charge is 0.389 e. The Morgan fingerprint density at radius 2 is 2.17 bits per heavy atom. The van der Waals surface area contributed by atoms with Gasteiger partial charge in [0.05, 0.1) is 12.0 Å². The van der Waals surface area contributed by atoms with Gasteiger partial charge in [-0.15, -0.1) is 10.2 Å². The van der Waals surface area contributed by atoms with Gasteiger partial charge in [0.25, 0.3) is 0 Å². The maximum absolute atomic E-state index is 11.8. The minimum absolute atomic E-state index is 0.162. The van der Waals surface area contributed by atoms with Crippen molar-refractivity contribution in [2.24, 2.45) is 0 Å². The predicted molar refractivity (Wildman–Crippen MR) is 70.6 cm³/mol. The number of carbonyl (C=O) groups excluding carboxylic acids is 1. The molecule has 0 spiro atoms. The molecular weight excluding hydrogens is 250 g/mol. The molecule has 100 valence electrons. The molecule has 6 heteroatoms. The number of anilines is 1. The number of rotatable bonds is 5. The third kappa shape index (κ3) is 3.49. The van der Waals surface area contributed by atoms with Crippen molar-refractivity contribution in [2.45, 2.75) is 57.5 Å². The molecular formula is C12H19N3O2S. The molecule has 0 unspecified atom stereocenters. The Hall–Kier alpha value is -1.01. The first-order valence-corrected chi connectivity index (χ1v) is 7.27. The molecule has 1 heterocycles. The molecule has 5 nitrogen and oxygen atoms in total. The molecule has 1 aliphatic rings. The Labute approximate surface area is 111 Å². The molecule has 0 atom stereocenters. The highest BCUT2D eigenvalue weighted by Gasteiger charge is 2.33. The number of nitrogens with one attached hydrogen (secondary N) is 1. The zero-order valence-corrected chi connectivity index (χ0v) is 11.4. The van der Waals surface area contributed by atoms with Crippen LogP contribution in [-0.4, -0.2) is 26.8 Å². The lowest BCUT2D eigenvalue weighted by molar-refractivity contribution is -0.120. The molecule has 18 heavy (non-hydrogen) atoms. The summed E-state index contributed by atoms with van der Waals surface area (Å²) in [6.07, 6.45) is 5.51. The van der Waals surface area contributed by atoms with E-state index in [4.69, 9.17) is 0 Å². The van der Waals surface area contributed by atoms with Crippen molar-refractivity contribution in [3.8, 4) is 0 Å². The minimum atomic E-state index is -0.805. The van der Waals surface area contributed by atoms with Crippen molar-refractivity contribution in [2.75, 3.05) is 5.32 Å². The van der Waals surface area contributed by atoms with Crippen molar-refractivity contribution in [3.63, 3.8) is 0 Å². The molecule has 1 saturated carbocycles. The summed E-state index contributed by atoms with van der Waals surface area (Å²) in [4.78, 5) is 11.8. The van der Waals surface area contributed by atoms with Crippen LogP contribution in [-0.2, 0) is 11.2 Å². The summed E-state index contributed by atoms with van der Waals surface area (Å²) in [6.45, 7) is 2.08. The summed E-state index contributed by atoms with van der Waals surface area (Å²) in [7, 11) is 0. The molecule has 0 aromatic carbocycles. The second kappa shape index (κ2) is 5.75. The van der Waals surface area contributed by atoms with Crippen LogP contribution in [0.25, 0.3) is 0 Å². The van der Waals surface area contributed by atoms with Gasteiger partial charge in [-0.3, -0.25) is 4.79 Å². The summed E-state index contributed by atoms with van der Waals surface area (Å²) in [6, 6.07) is 0. The van der Waals surface area contributed by atoms with Gasteiger partial charge in [-0.05, 0) is 19.3 Å². The quantitative estimate of drug-likeness (QED) is 0.858. The van der Waals surface area contributed by atoms with Crippen LogP contribution in [0.5, 0.6) is 0 Å². The van der Waals surface area contributed by atoms with Crippen LogP contribution in [0.3, 0.4) is 0 Å². The van der Waals surface area contributed by atoms with Crippen molar-refractivity contribution in [1.82, 2.24) is 10.2 Å². The number of hydrogen-bond acceptors (Lipinski definition) is 5. The zero-order valence-electron chi connectivity index (χ0n) is 10.6. The number of hydrogen-bond donors (Lipinski definition) is 2. The van der Waals surface area contributed by atoms with E-state index in [1.165, 1.54) is 11.3 Å².